The zero-order valence-corrected chi connectivity index (χ0v) is 19.7. The molecule has 1 saturated heterocycles. The number of piperazine rings is 1. The standard InChI is InChI=1S/C23H35N3O2.2ClH/c1-28-22-12-6-9-19-20(22)10-5-11-21(19)24-23(27)17-25-13-15-26(16-14-25)18-7-3-2-4-8-18;;/h6,9,12,18,21H,2-5,7-8,10-11,13-17H2,1H3,(H,24,27);2*1H. The van der Waals surface area contributed by atoms with Crippen molar-refractivity contribution in [2.24, 2.45) is 0 Å². The van der Waals surface area contributed by atoms with E-state index in [4.69, 9.17) is 4.74 Å². The molecule has 1 atom stereocenters. The average Bonchev–Trinajstić information content (AvgIpc) is 2.74. The van der Waals surface area contributed by atoms with Gasteiger partial charge in [0.1, 0.15) is 5.75 Å². The van der Waals surface area contributed by atoms with Crippen LogP contribution in [0.15, 0.2) is 18.2 Å². The third kappa shape index (κ3) is 6.03. The number of nitrogens with one attached hydrogen (secondary N) is 1. The number of ether oxygens (including phenoxy) is 1. The normalized spacial score (nSPS) is 22.9. The molecule has 0 bridgehead atoms. The molecule has 0 radical (unpaired) electrons. The minimum atomic E-state index is 0. The largest absolute Gasteiger partial charge is 0.496 e. The highest BCUT2D eigenvalue weighted by atomic mass is 35.5. The second kappa shape index (κ2) is 12.1. The van der Waals surface area contributed by atoms with Crippen LogP contribution >= 0.6 is 24.8 Å². The molecule has 1 heterocycles. The lowest BCUT2D eigenvalue weighted by Gasteiger charge is -2.40. The number of nitrogens with zero attached hydrogens (tertiary/aromatic N) is 2. The van der Waals surface area contributed by atoms with Crippen molar-refractivity contribution in [3.05, 3.63) is 29.3 Å². The Morgan fingerprint density at radius 3 is 2.47 bits per heavy atom. The Balaban J connectivity index is 0.00000160. The number of carbonyl (C=O) groups excluding carboxylic acids is 1. The number of methoxy groups -OCH3 is 1. The number of carbonyl (C=O) groups is 1. The predicted octanol–water partition coefficient (Wildman–Crippen LogP) is 3.98. The molecule has 1 aliphatic heterocycles. The Morgan fingerprint density at radius 2 is 1.77 bits per heavy atom. The van der Waals surface area contributed by atoms with Gasteiger partial charge >= 0.3 is 0 Å². The van der Waals surface area contributed by atoms with Crippen molar-refractivity contribution < 1.29 is 9.53 Å². The Bertz CT molecular complexity index is 674. The summed E-state index contributed by atoms with van der Waals surface area (Å²) in [7, 11) is 1.73. The maximum Gasteiger partial charge on any atom is 0.234 e. The molecule has 3 aliphatic rings. The lowest BCUT2D eigenvalue weighted by atomic mass is 9.87. The van der Waals surface area contributed by atoms with E-state index in [0.717, 1.165) is 57.2 Å². The Morgan fingerprint density at radius 1 is 1.03 bits per heavy atom. The minimum absolute atomic E-state index is 0. The first-order valence-corrected chi connectivity index (χ1v) is 11.2. The number of benzene rings is 1. The summed E-state index contributed by atoms with van der Waals surface area (Å²) in [4.78, 5) is 17.7. The molecule has 1 N–H and O–H groups in total. The van der Waals surface area contributed by atoms with Crippen LogP contribution in [0.1, 0.15) is 62.1 Å². The van der Waals surface area contributed by atoms with E-state index < -0.39 is 0 Å². The molecular formula is C23H37Cl2N3O2. The number of rotatable bonds is 5. The van der Waals surface area contributed by atoms with Crippen LogP contribution in [0.25, 0.3) is 0 Å². The minimum Gasteiger partial charge on any atom is -0.496 e. The summed E-state index contributed by atoms with van der Waals surface area (Å²) in [6, 6.07) is 7.11. The van der Waals surface area contributed by atoms with Crippen molar-refractivity contribution in [3.63, 3.8) is 0 Å². The van der Waals surface area contributed by atoms with Crippen LogP contribution in [-0.4, -0.2) is 61.6 Å². The molecular weight excluding hydrogens is 421 g/mol. The summed E-state index contributed by atoms with van der Waals surface area (Å²) in [5, 5.41) is 3.30. The van der Waals surface area contributed by atoms with E-state index in [2.05, 4.69) is 21.2 Å². The number of halogens is 2. The van der Waals surface area contributed by atoms with Gasteiger partial charge in [0.05, 0.1) is 19.7 Å². The van der Waals surface area contributed by atoms with Crippen LogP contribution in [0.4, 0.5) is 0 Å². The molecule has 1 aromatic rings. The van der Waals surface area contributed by atoms with Gasteiger partial charge in [-0.15, -0.1) is 24.8 Å². The topological polar surface area (TPSA) is 44.8 Å². The van der Waals surface area contributed by atoms with Crippen molar-refractivity contribution in [2.75, 3.05) is 39.8 Å². The third-order valence-electron chi connectivity index (χ3n) is 6.88. The van der Waals surface area contributed by atoms with Crippen molar-refractivity contribution >= 4 is 30.7 Å². The highest BCUT2D eigenvalue weighted by Crippen LogP contribution is 2.35. The molecule has 0 spiro atoms. The number of hydrogen-bond donors (Lipinski definition) is 1. The summed E-state index contributed by atoms with van der Waals surface area (Å²) in [6.07, 6.45) is 10.1. The molecule has 0 aromatic heterocycles. The molecule has 2 fully saturated rings. The lowest BCUT2D eigenvalue weighted by Crippen LogP contribution is -2.52. The van der Waals surface area contributed by atoms with E-state index in [0.29, 0.717) is 6.54 Å². The predicted molar refractivity (Wildman–Crippen MR) is 126 cm³/mol. The molecule has 1 aromatic carbocycles. The van der Waals surface area contributed by atoms with Gasteiger partial charge in [-0.2, -0.15) is 0 Å². The SMILES string of the molecule is COc1cccc2c1CCCC2NC(=O)CN1CCN(C2CCCCC2)CC1.Cl.Cl. The molecule has 30 heavy (non-hydrogen) atoms. The molecule has 4 rings (SSSR count). The van der Waals surface area contributed by atoms with Crippen LogP contribution in [0.3, 0.4) is 0 Å². The van der Waals surface area contributed by atoms with Gasteiger partial charge in [0.25, 0.3) is 0 Å². The first kappa shape index (κ1) is 25.3. The first-order valence-electron chi connectivity index (χ1n) is 11.2. The quantitative estimate of drug-likeness (QED) is 0.725. The first-order chi connectivity index (χ1) is 13.7. The molecule has 1 amide bonds. The van der Waals surface area contributed by atoms with Crippen LogP contribution in [0.2, 0.25) is 0 Å². The molecule has 1 saturated carbocycles. The molecule has 170 valence electrons. The Kier molecular flexibility index (Phi) is 10.2. The second-order valence-electron chi connectivity index (χ2n) is 8.64. The second-order valence-corrected chi connectivity index (χ2v) is 8.64. The monoisotopic (exact) mass is 457 g/mol. The van der Waals surface area contributed by atoms with Gasteiger partial charge in [-0.1, -0.05) is 31.4 Å². The number of fused-ring (bicyclic) bond motifs is 1. The summed E-state index contributed by atoms with van der Waals surface area (Å²) in [6.45, 7) is 4.77. The van der Waals surface area contributed by atoms with Crippen LogP contribution in [0, 0.1) is 0 Å². The molecule has 5 nitrogen and oxygen atoms in total. The van der Waals surface area contributed by atoms with E-state index in [9.17, 15) is 4.79 Å². The van der Waals surface area contributed by atoms with Gasteiger partial charge in [0, 0.05) is 32.2 Å². The van der Waals surface area contributed by atoms with Gasteiger partial charge in [0.15, 0.2) is 0 Å². The van der Waals surface area contributed by atoms with E-state index in [1.54, 1.807) is 7.11 Å². The highest BCUT2D eigenvalue weighted by Gasteiger charge is 2.27. The van der Waals surface area contributed by atoms with E-state index in [-0.39, 0.29) is 36.8 Å². The number of hydrogen-bond acceptors (Lipinski definition) is 4. The summed E-state index contributed by atoms with van der Waals surface area (Å²) < 4.78 is 5.52. The lowest BCUT2D eigenvalue weighted by molar-refractivity contribution is -0.123. The van der Waals surface area contributed by atoms with Gasteiger partial charge in [-0.3, -0.25) is 14.6 Å². The number of amides is 1. The van der Waals surface area contributed by atoms with Gasteiger partial charge in [-0.25, -0.2) is 0 Å². The Hall–Kier alpha value is -1.01. The fraction of sp³-hybridized carbons (Fsp3) is 0.696. The Labute approximate surface area is 193 Å². The van der Waals surface area contributed by atoms with Crippen LogP contribution in [-0.2, 0) is 11.2 Å². The maximum atomic E-state index is 12.7. The fourth-order valence-electron chi connectivity index (χ4n) is 5.33. The zero-order valence-electron chi connectivity index (χ0n) is 18.1. The van der Waals surface area contributed by atoms with Crippen molar-refractivity contribution in [1.29, 1.82) is 0 Å². The summed E-state index contributed by atoms with van der Waals surface area (Å²) in [5.41, 5.74) is 2.50. The maximum absolute atomic E-state index is 12.7. The van der Waals surface area contributed by atoms with E-state index in [1.807, 2.05) is 12.1 Å². The smallest absolute Gasteiger partial charge is 0.234 e. The van der Waals surface area contributed by atoms with Crippen molar-refractivity contribution in [3.8, 4) is 5.75 Å². The van der Waals surface area contributed by atoms with Crippen molar-refractivity contribution in [2.45, 2.75) is 63.5 Å². The van der Waals surface area contributed by atoms with E-state index >= 15 is 0 Å². The summed E-state index contributed by atoms with van der Waals surface area (Å²) in [5.74, 6) is 1.11. The highest BCUT2D eigenvalue weighted by molar-refractivity contribution is 5.85. The van der Waals surface area contributed by atoms with Crippen molar-refractivity contribution in [1.82, 2.24) is 15.1 Å². The zero-order chi connectivity index (χ0) is 19.3. The fourth-order valence-corrected chi connectivity index (χ4v) is 5.33. The third-order valence-corrected chi connectivity index (χ3v) is 6.88. The van der Waals surface area contributed by atoms with E-state index in [1.165, 1.54) is 43.2 Å². The average molecular weight is 458 g/mol. The van der Waals surface area contributed by atoms with Gasteiger partial charge < -0.3 is 10.1 Å². The molecule has 1 unspecified atom stereocenters. The molecule has 2 aliphatic carbocycles. The van der Waals surface area contributed by atoms with Gasteiger partial charge in [0.2, 0.25) is 5.91 Å². The van der Waals surface area contributed by atoms with Crippen LogP contribution in [0.5, 0.6) is 5.75 Å². The summed E-state index contributed by atoms with van der Waals surface area (Å²) >= 11 is 0. The molecule has 7 heteroatoms. The van der Waals surface area contributed by atoms with Gasteiger partial charge in [-0.05, 0) is 49.3 Å². The van der Waals surface area contributed by atoms with Crippen LogP contribution < -0.4 is 10.1 Å².